The summed E-state index contributed by atoms with van der Waals surface area (Å²) in [6, 6.07) is 8.09. The molecule has 1 heterocycles. The topological polar surface area (TPSA) is 92.8 Å². The predicted octanol–water partition coefficient (Wildman–Crippen LogP) is 4.45. The molecule has 0 fully saturated rings. The quantitative estimate of drug-likeness (QED) is 0.528. The number of aromatic hydroxyl groups is 1. The van der Waals surface area contributed by atoms with Crippen LogP contribution in [0.4, 0.5) is 5.69 Å². The molecular weight excluding hydrogens is 384 g/mol. The summed E-state index contributed by atoms with van der Waals surface area (Å²) in [4.78, 5) is 15.9. The number of methoxy groups -OCH3 is 3. The molecule has 148 valence electrons. The molecule has 2 aromatic carbocycles. The normalized spacial score (nSPS) is 11.9. The number of aromatic nitrogens is 1. The van der Waals surface area contributed by atoms with Gasteiger partial charge in [0.2, 0.25) is 5.75 Å². The van der Waals surface area contributed by atoms with Crippen LogP contribution in [0.15, 0.2) is 30.3 Å². The summed E-state index contributed by atoms with van der Waals surface area (Å²) in [6.45, 7) is 1.79. The number of phenols is 1. The lowest BCUT2D eigenvalue weighted by atomic mass is 10.1. The Balaban J connectivity index is 2.03. The smallest absolute Gasteiger partial charge is 0.272 e. The van der Waals surface area contributed by atoms with E-state index in [1.165, 1.54) is 33.5 Å². The zero-order chi connectivity index (χ0) is 20.4. The van der Waals surface area contributed by atoms with Crippen LogP contribution >= 0.6 is 11.6 Å². The monoisotopic (exact) mass is 404 g/mol. The minimum absolute atomic E-state index is 0.0316. The Labute approximate surface area is 167 Å². The molecule has 3 aromatic rings. The number of phenolic OH excluding ortho intramolecular Hbond substituents is 1. The van der Waals surface area contributed by atoms with Crippen molar-refractivity contribution in [3.63, 3.8) is 0 Å². The van der Waals surface area contributed by atoms with Crippen molar-refractivity contribution in [1.82, 2.24) is 4.98 Å². The maximum Gasteiger partial charge on any atom is 0.272 e. The molecule has 3 N–H and O–H groups in total. The lowest BCUT2D eigenvalue weighted by Gasteiger charge is -2.13. The Morgan fingerprint density at radius 2 is 1.82 bits per heavy atom. The molecule has 0 bridgehead atoms. The molecule has 1 unspecified atom stereocenters. The Kier molecular flexibility index (Phi) is 5.56. The summed E-state index contributed by atoms with van der Waals surface area (Å²) < 4.78 is 16.2. The first-order chi connectivity index (χ1) is 13.4. The van der Waals surface area contributed by atoms with Crippen LogP contribution in [0.1, 0.15) is 28.4 Å². The van der Waals surface area contributed by atoms with Gasteiger partial charge in [0.25, 0.3) is 5.91 Å². The summed E-state index contributed by atoms with van der Waals surface area (Å²) in [5.74, 6) is 0.995. The Bertz CT molecular complexity index is 1030. The molecule has 1 atom stereocenters. The fraction of sp³-hybridized carbons (Fsp3) is 0.250. The van der Waals surface area contributed by atoms with Crippen LogP contribution in [0.25, 0.3) is 10.9 Å². The summed E-state index contributed by atoms with van der Waals surface area (Å²) in [5, 5.41) is 12.9. The van der Waals surface area contributed by atoms with Gasteiger partial charge in [-0.05, 0) is 30.7 Å². The van der Waals surface area contributed by atoms with Crippen LogP contribution in [0.3, 0.4) is 0 Å². The van der Waals surface area contributed by atoms with E-state index in [2.05, 4.69) is 10.3 Å². The van der Waals surface area contributed by atoms with Crippen molar-refractivity contribution in [2.75, 3.05) is 26.6 Å². The first-order valence-corrected chi connectivity index (χ1v) is 8.93. The summed E-state index contributed by atoms with van der Waals surface area (Å²) in [5.41, 5.74) is 2.05. The number of H-pyrrole nitrogens is 1. The second kappa shape index (κ2) is 7.90. The van der Waals surface area contributed by atoms with Crippen molar-refractivity contribution < 1.29 is 24.1 Å². The molecule has 28 heavy (non-hydrogen) atoms. The number of hydrogen-bond acceptors (Lipinski definition) is 5. The van der Waals surface area contributed by atoms with Gasteiger partial charge in [0.15, 0.2) is 11.5 Å². The van der Waals surface area contributed by atoms with Crippen molar-refractivity contribution in [3.05, 3.63) is 41.6 Å². The predicted molar refractivity (Wildman–Crippen MR) is 108 cm³/mol. The van der Waals surface area contributed by atoms with Gasteiger partial charge in [-0.1, -0.05) is 6.07 Å². The maximum absolute atomic E-state index is 12.8. The molecule has 3 rings (SSSR count). The van der Waals surface area contributed by atoms with E-state index in [9.17, 15) is 9.90 Å². The molecule has 8 heteroatoms. The van der Waals surface area contributed by atoms with E-state index in [1.54, 1.807) is 25.1 Å². The highest BCUT2D eigenvalue weighted by atomic mass is 35.5. The third-order valence-electron chi connectivity index (χ3n) is 4.38. The largest absolute Gasteiger partial charge is 0.508 e. The number of carbonyl (C=O) groups excluding carboxylic acids is 1. The third kappa shape index (κ3) is 3.53. The van der Waals surface area contributed by atoms with Gasteiger partial charge in [-0.25, -0.2) is 0 Å². The summed E-state index contributed by atoms with van der Waals surface area (Å²) >= 11 is 6.18. The molecule has 1 aromatic heterocycles. The number of carbonyl (C=O) groups is 1. The van der Waals surface area contributed by atoms with Crippen LogP contribution in [-0.2, 0) is 0 Å². The van der Waals surface area contributed by atoms with Gasteiger partial charge in [-0.3, -0.25) is 4.79 Å². The average molecular weight is 405 g/mol. The van der Waals surface area contributed by atoms with E-state index >= 15 is 0 Å². The average Bonchev–Trinajstić information content (AvgIpc) is 3.10. The number of ether oxygens (including phenoxy) is 3. The van der Waals surface area contributed by atoms with Gasteiger partial charge in [-0.15, -0.1) is 11.6 Å². The fourth-order valence-corrected chi connectivity index (χ4v) is 3.25. The maximum atomic E-state index is 12.8. The Morgan fingerprint density at radius 1 is 1.11 bits per heavy atom. The van der Waals surface area contributed by atoms with Crippen LogP contribution in [-0.4, -0.2) is 37.3 Å². The highest BCUT2D eigenvalue weighted by Gasteiger charge is 2.20. The minimum atomic E-state index is -0.389. The number of alkyl halides is 1. The molecule has 0 saturated heterocycles. The Morgan fingerprint density at radius 3 is 2.43 bits per heavy atom. The van der Waals surface area contributed by atoms with Gasteiger partial charge >= 0.3 is 0 Å². The molecule has 0 aliphatic heterocycles. The zero-order valence-corrected chi connectivity index (χ0v) is 16.7. The molecule has 0 aliphatic carbocycles. The summed E-state index contributed by atoms with van der Waals surface area (Å²) in [6.07, 6.45) is 0. The number of rotatable bonds is 6. The van der Waals surface area contributed by atoms with E-state index in [0.29, 0.717) is 39.7 Å². The van der Waals surface area contributed by atoms with Gasteiger partial charge in [-0.2, -0.15) is 0 Å². The van der Waals surface area contributed by atoms with Crippen molar-refractivity contribution in [3.8, 4) is 23.0 Å². The number of benzene rings is 2. The van der Waals surface area contributed by atoms with E-state index in [4.69, 9.17) is 25.8 Å². The minimum Gasteiger partial charge on any atom is -0.508 e. The highest BCUT2D eigenvalue weighted by Crippen LogP contribution is 2.43. The Hall–Kier alpha value is -3.06. The molecule has 0 aliphatic rings. The van der Waals surface area contributed by atoms with Crippen LogP contribution in [0.2, 0.25) is 0 Å². The van der Waals surface area contributed by atoms with Crippen molar-refractivity contribution >= 4 is 34.1 Å². The first kappa shape index (κ1) is 19.7. The van der Waals surface area contributed by atoms with E-state index in [0.717, 1.165) is 5.39 Å². The lowest BCUT2D eigenvalue weighted by molar-refractivity contribution is 0.102. The van der Waals surface area contributed by atoms with Crippen LogP contribution < -0.4 is 19.5 Å². The second-order valence-electron chi connectivity index (χ2n) is 6.13. The van der Waals surface area contributed by atoms with Crippen molar-refractivity contribution in [2.24, 2.45) is 0 Å². The summed E-state index contributed by atoms with van der Waals surface area (Å²) in [7, 11) is 4.55. The third-order valence-corrected chi connectivity index (χ3v) is 4.61. The van der Waals surface area contributed by atoms with Gasteiger partial charge < -0.3 is 29.6 Å². The van der Waals surface area contributed by atoms with E-state index < -0.39 is 0 Å². The number of aromatic amines is 1. The van der Waals surface area contributed by atoms with Gasteiger partial charge in [0.1, 0.15) is 11.4 Å². The van der Waals surface area contributed by atoms with Gasteiger partial charge in [0, 0.05) is 17.1 Å². The molecule has 0 radical (unpaired) electrons. The fourth-order valence-electron chi connectivity index (χ4n) is 3.06. The van der Waals surface area contributed by atoms with Crippen LogP contribution in [0, 0.1) is 0 Å². The standard InChI is InChI=1S/C20H21ClN2O5/c1-10(21)13-6-5-12(24)9-14(13)23-20(25)15-7-11-8-16(26-2)18(27-3)19(28-4)17(11)22-15/h5-10,22,24H,1-4H3,(H,23,25). The molecule has 7 nitrogen and oxygen atoms in total. The lowest BCUT2D eigenvalue weighted by Crippen LogP contribution is -2.13. The number of halogens is 1. The highest BCUT2D eigenvalue weighted by molar-refractivity contribution is 6.21. The molecular formula is C20H21ClN2O5. The number of anilines is 1. The number of hydrogen-bond donors (Lipinski definition) is 3. The van der Waals surface area contributed by atoms with Crippen LogP contribution in [0.5, 0.6) is 23.0 Å². The van der Waals surface area contributed by atoms with Crippen molar-refractivity contribution in [2.45, 2.75) is 12.3 Å². The number of nitrogens with one attached hydrogen (secondary N) is 2. The first-order valence-electron chi connectivity index (χ1n) is 8.49. The number of fused-ring (bicyclic) bond motifs is 1. The van der Waals surface area contributed by atoms with Gasteiger partial charge in [0.05, 0.1) is 32.2 Å². The van der Waals surface area contributed by atoms with Crippen molar-refractivity contribution in [1.29, 1.82) is 0 Å². The molecule has 0 spiro atoms. The van der Waals surface area contributed by atoms with E-state index in [1.807, 2.05) is 0 Å². The molecule has 0 saturated carbocycles. The van der Waals surface area contributed by atoms with E-state index in [-0.39, 0.29) is 17.0 Å². The SMILES string of the molecule is COc1cc2cc(C(=O)Nc3cc(O)ccc3C(C)Cl)[nH]c2c(OC)c1OC. The molecule has 1 amide bonds. The zero-order valence-electron chi connectivity index (χ0n) is 15.9. The second-order valence-corrected chi connectivity index (χ2v) is 6.79. The number of amides is 1.